The second-order valence-corrected chi connectivity index (χ2v) is 8.41. The highest BCUT2D eigenvalue weighted by Crippen LogP contribution is 2.08. The Morgan fingerprint density at radius 3 is 2.13 bits per heavy atom. The molecule has 3 unspecified atom stereocenters. The molecule has 172 valence electrons. The molecule has 0 spiro atoms. The Morgan fingerprint density at radius 1 is 1.00 bits per heavy atom. The zero-order chi connectivity index (χ0) is 23.4. The molecule has 1 aromatic carbocycles. The predicted octanol–water partition coefficient (Wildman–Crippen LogP) is 0.136. The lowest BCUT2D eigenvalue weighted by Gasteiger charge is -2.25. The molecule has 0 aliphatic rings. The van der Waals surface area contributed by atoms with Crippen LogP contribution in [0.5, 0.6) is 0 Å². The van der Waals surface area contributed by atoms with Gasteiger partial charge in [-0.2, -0.15) is 11.8 Å². The lowest BCUT2D eigenvalue weighted by molar-refractivity contribution is -0.143. The van der Waals surface area contributed by atoms with E-state index in [1.807, 2.05) is 36.6 Å². The average molecular weight is 453 g/mol. The van der Waals surface area contributed by atoms with Gasteiger partial charge in [-0.1, -0.05) is 44.2 Å². The summed E-state index contributed by atoms with van der Waals surface area (Å²) in [4.78, 5) is 49.0. The molecule has 1 rings (SSSR count). The minimum Gasteiger partial charge on any atom is -0.480 e. The van der Waals surface area contributed by atoms with E-state index in [2.05, 4.69) is 16.0 Å². The van der Waals surface area contributed by atoms with Crippen LogP contribution in [0.15, 0.2) is 30.3 Å². The molecule has 0 aliphatic carbocycles. The molecule has 0 aromatic heterocycles. The van der Waals surface area contributed by atoms with E-state index in [0.29, 0.717) is 12.2 Å². The number of carbonyl (C=O) groups excluding carboxylic acids is 3. The van der Waals surface area contributed by atoms with Crippen molar-refractivity contribution in [1.29, 1.82) is 0 Å². The Labute approximate surface area is 186 Å². The van der Waals surface area contributed by atoms with E-state index in [1.54, 1.807) is 13.8 Å². The number of rotatable bonds is 13. The van der Waals surface area contributed by atoms with Crippen LogP contribution in [0.25, 0.3) is 0 Å². The first-order valence-electron chi connectivity index (χ1n) is 10.0. The van der Waals surface area contributed by atoms with Gasteiger partial charge in [-0.15, -0.1) is 0 Å². The van der Waals surface area contributed by atoms with Crippen molar-refractivity contribution in [2.75, 3.05) is 18.6 Å². The standard InChI is InChI=1S/C21H32N4O5S/c1-13(2)18(21(29)30)25-19(27)15(9-10-31-3)24-20(28)16(23-17(26)12-22)11-14-7-5-4-6-8-14/h4-8,13,15-16,18H,9-12,22H2,1-3H3,(H,23,26)(H,24,28)(H,25,27)(H,29,30). The van der Waals surface area contributed by atoms with Crippen LogP contribution in [0.4, 0.5) is 0 Å². The number of aliphatic carboxylic acids is 1. The lowest BCUT2D eigenvalue weighted by Crippen LogP contribution is -2.57. The number of nitrogens with two attached hydrogens (primary N) is 1. The summed E-state index contributed by atoms with van der Waals surface area (Å²) in [7, 11) is 0. The molecule has 31 heavy (non-hydrogen) atoms. The second kappa shape index (κ2) is 13.7. The van der Waals surface area contributed by atoms with Crippen LogP contribution in [0.3, 0.4) is 0 Å². The monoisotopic (exact) mass is 452 g/mol. The first-order valence-corrected chi connectivity index (χ1v) is 11.4. The molecule has 3 atom stereocenters. The highest BCUT2D eigenvalue weighted by molar-refractivity contribution is 7.98. The van der Waals surface area contributed by atoms with Crippen LogP contribution in [0, 0.1) is 5.92 Å². The van der Waals surface area contributed by atoms with Crippen molar-refractivity contribution < 1.29 is 24.3 Å². The van der Waals surface area contributed by atoms with Gasteiger partial charge in [0.05, 0.1) is 6.54 Å². The Balaban J connectivity index is 2.98. The molecule has 1 aromatic rings. The second-order valence-electron chi connectivity index (χ2n) is 7.43. The van der Waals surface area contributed by atoms with Crippen molar-refractivity contribution in [3.63, 3.8) is 0 Å². The topological polar surface area (TPSA) is 151 Å². The van der Waals surface area contributed by atoms with Crippen molar-refractivity contribution in [2.24, 2.45) is 11.7 Å². The summed E-state index contributed by atoms with van der Waals surface area (Å²) in [6, 6.07) is 6.20. The Morgan fingerprint density at radius 2 is 1.61 bits per heavy atom. The number of nitrogens with one attached hydrogen (secondary N) is 3. The summed E-state index contributed by atoms with van der Waals surface area (Å²) in [5.74, 6) is -2.50. The smallest absolute Gasteiger partial charge is 0.326 e. The van der Waals surface area contributed by atoms with Gasteiger partial charge in [-0.3, -0.25) is 14.4 Å². The van der Waals surface area contributed by atoms with Gasteiger partial charge in [0.2, 0.25) is 17.7 Å². The van der Waals surface area contributed by atoms with E-state index in [9.17, 15) is 24.3 Å². The minimum absolute atomic E-state index is 0.221. The van der Waals surface area contributed by atoms with Crippen LogP contribution in [-0.4, -0.2) is 65.5 Å². The number of carboxylic acids is 1. The van der Waals surface area contributed by atoms with Crippen LogP contribution >= 0.6 is 11.8 Å². The fourth-order valence-electron chi connectivity index (χ4n) is 2.86. The third-order valence-electron chi connectivity index (χ3n) is 4.59. The van der Waals surface area contributed by atoms with Gasteiger partial charge in [0.1, 0.15) is 18.1 Å². The summed E-state index contributed by atoms with van der Waals surface area (Å²) >= 11 is 1.50. The molecular weight excluding hydrogens is 420 g/mol. The number of hydrogen-bond donors (Lipinski definition) is 5. The number of carbonyl (C=O) groups is 4. The van der Waals surface area contributed by atoms with E-state index in [-0.39, 0.29) is 18.9 Å². The normalized spacial score (nSPS) is 13.7. The lowest BCUT2D eigenvalue weighted by atomic mass is 10.0. The number of thioether (sulfide) groups is 1. The van der Waals surface area contributed by atoms with Crippen LogP contribution in [0.1, 0.15) is 25.8 Å². The van der Waals surface area contributed by atoms with Crippen molar-refractivity contribution in [3.8, 4) is 0 Å². The van der Waals surface area contributed by atoms with Crippen molar-refractivity contribution in [2.45, 2.75) is 44.8 Å². The van der Waals surface area contributed by atoms with Gasteiger partial charge in [0.15, 0.2) is 0 Å². The summed E-state index contributed by atoms with van der Waals surface area (Å²) in [6.07, 6.45) is 2.40. The predicted molar refractivity (Wildman–Crippen MR) is 120 cm³/mol. The van der Waals surface area contributed by atoms with Crippen LogP contribution in [-0.2, 0) is 25.6 Å². The molecule has 10 heteroatoms. The molecule has 3 amide bonds. The third kappa shape index (κ3) is 9.39. The molecule has 0 aliphatic heterocycles. The molecule has 6 N–H and O–H groups in total. The maximum atomic E-state index is 13.0. The van der Waals surface area contributed by atoms with Gasteiger partial charge in [0, 0.05) is 6.42 Å². The number of carboxylic acid groups (broad SMARTS) is 1. The van der Waals surface area contributed by atoms with Gasteiger partial charge in [0.25, 0.3) is 0 Å². The average Bonchev–Trinajstić information content (AvgIpc) is 2.74. The Bertz CT molecular complexity index is 745. The number of benzene rings is 1. The maximum absolute atomic E-state index is 13.0. The molecule has 0 saturated heterocycles. The highest BCUT2D eigenvalue weighted by Gasteiger charge is 2.30. The van der Waals surface area contributed by atoms with E-state index < -0.39 is 41.8 Å². The molecular formula is C21H32N4O5S. The molecule has 9 nitrogen and oxygen atoms in total. The van der Waals surface area contributed by atoms with Crippen LogP contribution in [0.2, 0.25) is 0 Å². The first-order chi connectivity index (χ1) is 14.7. The first kappa shape index (κ1) is 26.4. The van der Waals surface area contributed by atoms with E-state index in [4.69, 9.17) is 5.73 Å². The largest absolute Gasteiger partial charge is 0.480 e. The number of amides is 3. The van der Waals surface area contributed by atoms with Crippen molar-refractivity contribution in [1.82, 2.24) is 16.0 Å². The summed E-state index contributed by atoms with van der Waals surface area (Å²) in [5.41, 5.74) is 6.20. The van der Waals surface area contributed by atoms with Crippen molar-refractivity contribution >= 4 is 35.5 Å². The molecule has 0 bridgehead atoms. The fraction of sp³-hybridized carbons (Fsp3) is 0.524. The SMILES string of the molecule is CSCCC(NC(=O)C(Cc1ccccc1)NC(=O)CN)C(=O)NC(C(=O)O)C(C)C. The van der Waals surface area contributed by atoms with Gasteiger partial charge in [-0.25, -0.2) is 4.79 Å². The minimum atomic E-state index is -1.14. The van der Waals surface area contributed by atoms with Gasteiger partial charge >= 0.3 is 5.97 Å². The van der Waals surface area contributed by atoms with Gasteiger partial charge in [-0.05, 0) is 29.9 Å². The fourth-order valence-corrected chi connectivity index (χ4v) is 3.33. The highest BCUT2D eigenvalue weighted by atomic mass is 32.2. The molecule has 0 fully saturated rings. The van der Waals surface area contributed by atoms with Gasteiger partial charge < -0.3 is 26.8 Å². The zero-order valence-electron chi connectivity index (χ0n) is 18.1. The Kier molecular flexibility index (Phi) is 11.7. The van der Waals surface area contributed by atoms with Crippen LogP contribution < -0.4 is 21.7 Å². The van der Waals surface area contributed by atoms with Crippen molar-refractivity contribution in [3.05, 3.63) is 35.9 Å². The van der Waals surface area contributed by atoms with E-state index >= 15 is 0 Å². The summed E-state index contributed by atoms with van der Waals surface area (Å²) in [5, 5.41) is 17.1. The molecule has 0 saturated carbocycles. The third-order valence-corrected chi connectivity index (χ3v) is 5.24. The molecule has 0 heterocycles. The Hall–Kier alpha value is -2.59. The zero-order valence-corrected chi connectivity index (χ0v) is 18.9. The maximum Gasteiger partial charge on any atom is 0.326 e. The van der Waals surface area contributed by atoms with E-state index in [0.717, 1.165) is 5.56 Å². The summed E-state index contributed by atoms with van der Waals surface area (Å²) in [6.45, 7) is 3.10. The van der Waals surface area contributed by atoms with E-state index in [1.165, 1.54) is 11.8 Å². The quantitative estimate of drug-likeness (QED) is 0.285. The molecule has 0 radical (unpaired) electrons. The summed E-state index contributed by atoms with van der Waals surface area (Å²) < 4.78 is 0. The number of hydrogen-bond acceptors (Lipinski definition) is 6.